The number of ether oxygens (including phenoxy) is 1. The Kier molecular flexibility index (Phi) is 4.39. The van der Waals surface area contributed by atoms with E-state index in [1.54, 1.807) is 4.90 Å². The van der Waals surface area contributed by atoms with Gasteiger partial charge in [0.15, 0.2) is 0 Å². The van der Waals surface area contributed by atoms with Crippen molar-refractivity contribution in [3.63, 3.8) is 0 Å². The van der Waals surface area contributed by atoms with Crippen LogP contribution in [-0.4, -0.2) is 35.1 Å². The van der Waals surface area contributed by atoms with Gasteiger partial charge in [0.05, 0.1) is 12.1 Å². The maximum atomic E-state index is 12.9. The largest absolute Gasteiger partial charge is 0.472 e. The summed E-state index contributed by atoms with van der Waals surface area (Å²) in [6.45, 7) is 1.09. The van der Waals surface area contributed by atoms with E-state index in [2.05, 4.69) is 10.3 Å². The second-order valence-electron chi connectivity index (χ2n) is 6.25. The van der Waals surface area contributed by atoms with Crippen LogP contribution >= 0.6 is 0 Å². The SMILES string of the molecule is O=C(Nc1ccc(F)cc1)N1CCC(Oc2ccc3ccccc3n2)C1. The van der Waals surface area contributed by atoms with Gasteiger partial charge in [0.1, 0.15) is 11.9 Å². The van der Waals surface area contributed by atoms with Crippen molar-refractivity contribution in [2.75, 3.05) is 18.4 Å². The van der Waals surface area contributed by atoms with Crippen LogP contribution in [-0.2, 0) is 0 Å². The molecule has 1 saturated heterocycles. The molecule has 0 spiro atoms. The Morgan fingerprint density at radius 1 is 1.12 bits per heavy atom. The fraction of sp³-hybridized carbons (Fsp3) is 0.200. The Balaban J connectivity index is 1.36. The van der Waals surface area contributed by atoms with Crippen molar-refractivity contribution in [2.24, 2.45) is 0 Å². The molecular weight excluding hydrogens is 333 g/mol. The summed E-state index contributed by atoms with van der Waals surface area (Å²) in [6.07, 6.45) is 0.647. The van der Waals surface area contributed by atoms with E-state index < -0.39 is 0 Å². The molecular formula is C20H18FN3O2. The number of aromatic nitrogens is 1. The lowest BCUT2D eigenvalue weighted by atomic mass is 10.2. The van der Waals surface area contributed by atoms with E-state index in [1.165, 1.54) is 24.3 Å². The van der Waals surface area contributed by atoms with Gasteiger partial charge in [-0.3, -0.25) is 0 Å². The fourth-order valence-corrected chi connectivity index (χ4v) is 3.03. The van der Waals surface area contributed by atoms with E-state index in [0.717, 1.165) is 17.3 Å². The van der Waals surface area contributed by atoms with E-state index in [0.29, 0.717) is 24.7 Å². The van der Waals surface area contributed by atoms with Crippen molar-refractivity contribution >= 4 is 22.6 Å². The number of pyridine rings is 1. The van der Waals surface area contributed by atoms with Gasteiger partial charge in [0.25, 0.3) is 0 Å². The molecule has 1 aliphatic heterocycles. The van der Waals surface area contributed by atoms with Gasteiger partial charge < -0.3 is 15.0 Å². The van der Waals surface area contributed by atoms with Crippen LogP contribution < -0.4 is 10.1 Å². The molecule has 132 valence electrons. The zero-order chi connectivity index (χ0) is 17.9. The maximum absolute atomic E-state index is 12.9. The van der Waals surface area contributed by atoms with Gasteiger partial charge in [-0.1, -0.05) is 18.2 Å². The summed E-state index contributed by atoms with van der Waals surface area (Å²) in [5.74, 6) is 0.231. The number of carbonyl (C=O) groups is 1. The number of benzene rings is 2. The standard InChI is InChI=1S/C20H18FN3O2/c21-15-6-8-16(9-7-15)22-20(25)24-12-11-17(13-24)26-19-10-5-14-3-1-2-4-18(14)23-19/h1-10,17H,11-13H2,(H,22,25). The summed E-state index contributed by atoms with van der Waals surface area (Å²) in [4.78, 5) is 18.5. The minimum atomic E-state index is -0.333. The summed E-state index contributed by atoms with van der Waals surface area (Å²) in [5.41, 5.74) is 1.45. The van der Waals surface area contributed by atoms with E-state index in [-0.39, 0.29) is 18.0 Å². The molecule has 2 heterocycles. The first-order valence-corrected chi connectivity index (χ1v) is 8.51. The lowest BCUT2D eigenvalue weighted by molar-refractivity contribution is 0.190. The number of hydrogen-bond donors (Lipinski definition) is 1. The summed E-state index contributed by atoms with van der Waals surface area (Å²) in [5, 5.41) is 3.83. The van der Waals surface area contributed by atoms with E-state index >= 15 is 0 Å². The monoisotopic (exact) mass is 351 g/mol. The number of amides is 2. The van der Waals surface area contributed by atoms with E-state index in [9.17, 15) is 9.18 Å². The number of para-hydroxylation sites is 1. The first kappa shape index (κ1) is 16.3. The van der Waals surface area contributed by atoms with Crippen LogP contribution in [0.1, 0.15) is 6.42 Å². The summed E-state index contributed by atoms with van der Waals surface area (Å²) in [6, 6.07) is 17.2. The highest BCUT2D eigenvalue weighted by Gasteiger charge is 2.28. The Morgan fingerprint density at radius 3 is 2.77 bits per heavy atom. The number of urea groups is 1. The molecule has 1 N–H and O–H groups in total. The number of anilines is 1. The smallest absolute Gasteiger partial charge is 0.321 e. The van der Waals surface area contributed by atoms with Crippen molar-refractivity contribution < 1.29 is 13.9 Å². The van der Waals surface area contributed by atoms with Gasteiger partial charge in [-0.15, -0.1) is 0 Å². The quantitative estimate of drug-likeness (QED) is 0.774. The Hall–Kier alpha value is -3.15. The molecule has 2 amide bonds. The van der Waals surface area contributed by atoms with Crippen molar-refractivity contribution in [3.8, 4) is 5.88 Å². The van der Waals surface area contributed by atoms with E-state index in [4.69, 9.17) is 4.74 Å². The first-order chi connectivity index (χ1) is 12.7. The van der Waals surface area contributed by atoms with Gasteiger partial charge in [0, 0.05) is 30.1 Å². The molecule has 2 aromatic carbocycles. The number of carbonyl (C=O) groups excluding carboxylic acids is 1. The molecule has 6 heteroatoms. The highest BCUT2D eigenvalue weighted by atomic mass is 19.1. The Morgan fingerprint density at radius 2 is 1.92 bits per heavy atom. The average Bonchev–Trinajstić information content (AvgIpc) is 3.12. The van der Waals surface area contributed by atoms with E-state index in [1.807, 2.05) is 36.4 Å². The number of fused-ring (bicyclic) bond motifs is 1. The number of hydrogen-bond acceptors (Lipinski definition) is 3. The minimum absolute atomic E-state index is 0.0948. The Bertz CT molecular complexity index is 930. The van der Waals surface area contributed by atoms with Crippen molar-refractivity contribution in [3.05, 3.63) is 66.5 Å². The number of rotatable bonds is 3. The zero-order valence-corrected chi connectivity index (χ0v) is 14.1. The number of nitrogens with zero attached hydrogens (tertiary/aromatic N) is 2. The van der Waals surface area contributed by atoms with Gasteiger partial charge >= 0.3 is 6.03 Å². The molecule has 0 bridgehead atoms. The molecule has 1 atom stereocenters. The first-order valence-electron chi connectivity index (χ1n) is 8.51. The lowest BCUT2D eigenvalue weighted by Gasteiger charge is -2.18. The summed E-state index contributed by atoms with van der Waals surface area (Å²) in [7, 11) is 0. The minimum Gasteiger partial charge on any atom is -0.472 e. The third-order valence-corrected chi connectivity index (χ3v) is 4.39. The van der Waals surface area contributed by atoms with Crippen LogP contribution in [0.5, 0.6) is 5.88 Å². The normalized spacial score (nSPS) is 16.7. The summed E-state index contributed by atoms with van der Waals surface area (Å²) >= 11 is 0. The molecule has 0 aliphatic carbocycles. The molecule has 1 fully saturated rings. The highest BCUT2D eigenvalue weighted by molar-refractivity contribution is 5.89. The van der Waals surface area contributed by atoms with Crippen LogP contribution in [0.2, 0.25) is 0 Å². The van der Waals surface area contributed by atoms with Crippen molar-refractivity contribution in [1.82, 2.24) is 9.88 Å². The number of likely N-dealkylation sites (tertiary alicyclic amines) is 1. The highest BCUT2D eigenvalue weighted by Crippen LogP contribution is 2.21. The molecule has 1 aliphatic rings. The van der Waals surface area contributed by atoms with Crippen molar-refractivity contribution in [2.45, 2.75) is 12.5 Å². The summed E-state index contributed by atoms with van der Waals surface area (Å²) < 4.78 is 18.9. The lowest BCUT2D eigenvalue weighted by Crippen LogP contribution is -2.34. The molecule has 3 aromatic rings. The van der Waals surface area contributed by atoms with Crippen LogP contribution in [0.4, 0.5) is 14.9 Å². The molecule has 1 aromatic heterocycles. The van der Waals surface area contributed by atoms with Crippen LogP contribution in [0.25, 0.3) is 10.9 Å². The topological polar surface area (TPSA) is 54.5 Å². The third-order valence-electron chi connectivity index (χ3n) is 4.39. The van der Waals surface area contributed by atoms with Gasteiger partial charge in [-0.05, 0) is 36.4 Å². The van der Waals surface area contributed by atoms with Crippen molar-refractivity contribution in [1.29, 1.82) is 0 Å². The number of nitrogens with one attached hydrogen (secondary N) is 1. The molecule has 5 nitrogen and oxygen atoms in total. The molecule has 4 rings (SSSR count). The third kappa shape index (κ3) is 3.59. The second kappa shape index (κ2) is 7.00. The van der Waals surface area contributed by atoms with Crippen LogP contribution in [0, 0.1) is 5.82 Å². The average molecular weight is 351 g/mol. The predicted octanol–water partition coefficient (Wildman–Crippen LogP) is 4.06. The van der Waals surface area contributed by atoms with Gasteiger partial charge in [-0.2, -0.15) is 0 Å². The zero-order valence-electron chi connectivity index (χ0n) is 14.1. The second-order valence-corrected chi connectivity index (χ2v) is 6.25. The fourth-order valence-electron chi connectivity index (χ4n) is 3.03. The van der Waals surface area contributed by atoms with Crippen LogP contribution in [0.15, 0.2) is 60.7 Å². The molecule has 26 heavy (non-hydrogen) atoms. The van der Waals surface area contributed by atoms with Gasteiger partial charge in [-0.25, -0.2) is 14.2 Å². The molecule has 1 unspecified atom stereocenters. The number of halogens is 1. The van der Waals surface area contributed by atoms with Crippen LogP contribution in [0.3, 0.4) is 0 Å². The van der Waals surface area contributed by atoms with Gasteiger partial charge in [0.2, 0.25) is 5.88 Å². The molecule has 0 saturated carbocycles. The Labute approximate surface area is 150 Å². The maximum Gasteiger partial charge on any atom is 0.321 e. The predicted molar refractivity (Wildman–Crippen MR) is 97.8 cm³/mol. The molecule has 0 radical (unpaired) electrons.